The minimum absolute atomic E-state index is 0.0261. The van der Waals surface area contributed by atoms with Gasteiger partial charge in [0.2, 0.25) is 0 Å². The van der Waals surface area contributed by atoms with Crippen LogP contribution in [0.15, 0.2) is 72.0 Å². The fourth-order valence-corrected chi connectivity index (χ4v) is 3.90. The summed E-state index contributed by atoms with van der Waals surface area (Å²) in [7, 11) is -1.26. The minimum Gasteiger partial charge on any atom is -0.352 e. The summed E-state index contributed by atoms with van der Waals surface area (Å²) in [5, 5.41) is 5.35. The van der Waals surface area contributed by atoms with E-state index in [1.54, 1.807) is 23.0 Å². The van der Waals surface area contributed by atoms with E-state index >= 15 is 0 Å². The maximum Gasteiger partial charge on any atom is 0.175 e. The lowest BCUT2D eigenvalue weighted by Gasteiger charge is -2.26. The molecule has 0 aliphatic heterocycles. The summed E-state index contributed by atoms with van der Waals surface area (Å²) >= 11 is 0. The van der Waals surface area contributed by atoms with Crippen LogP contribution >= 0.6 is 0 Å². The van der Waals surface area contributed by atoms with Crippen molar-refractivity contribution in [3.63, 3.8) is 0 Å². The Morgan fingerprint density at radius 3 is 2.34 bits per heavy atom. The van der Waals surface area contributed by atoms with Gasteiger partial charge in [-0.05, 0) is 36.8 Å². The minimum atomic E-state index is -3.22. The highest BCUT2D eigenvalue weighted by molar-refractivity contribution is 7.90. The van der Waals surface area contributed by atoms with Gasteiger partial charge in [-0.1, -0.05) is 30.3 Å². The molecule has 1 unspecified atom stereocenters. The number of para-hydroxylation sites is 1. The van der Waals surface area contributed by atoms with Crippen LogP contribution in [0, 0.1) is 0 Å². The van der Waals surface area contributed by atoms with Crippen molar-refractivity contribution in [3.8, 4) is 5.69 Å². The molecule has 0 bridgehead atoms. The fraction of sp³-hybridized carbons (Fsp3) is 0.190. The van der Waals surface area contributed by atoms with Gasteiger partial charge in [-0.25, -0.2) is 23.1 Å². The first-order chi connectivity index (χ1) is 13.9. The van der Waals surface area contributed by atoms with Crippen LogP contribution in [0.1, 0.15) is 18.5 Å². The topological polar surface area (TPSA) is 81.0 Å². The van der Waals surface area contributed by atoms with Crippen molar-refractivity contribution < 1.29 is 8.42 Å². The summed E-state index contributed by atoms with van der Waals surface area (Å²) in [4.78, 5) is 11.3. The van der Waals surface area contributed by atoms with Crippen molar-refractivity contribution in [2.24, 2.45) is 0 Å². The van der Waals surface area contributed by atoms with Gasteiger partial charge in [-0.15, -0.1) is 0 Å². The van der Waals surface area contributed by atoms with Crippen molar-refractivity contribution in [1.29, 1.82) is 0 Å². The molecule has 29 heavy (non-hydrogen) atoms. The second-order valence-corrected chi connectivity index (χ2v) is 8.97. The summed E-state index contributed by atoms with van der Waals surface area (Å²) in [5.74, 6) is 0.761. The number of hydrogen-bond donors (Lipinski definition) is 0. The highest BCUT2D eigenvalue weighted by Crippen LogP contribution is 2.30. The summed E-state index contributed by atoms with van der Waals surface area (Å²) in [6.07, 6.45) is 4.52. The van der Waals surface area contributed by atoms with Gasteiger partial charge in [0.15, 0.2) is 15.5 Å². The molecule has 0 fully saturated rings. The van der Waals surface area contributed by atoms with Crippen LogP contribution < -0.4 is 4.90 Å². The molecule has 2 heterocycles. The third kappa shape index (κ3) is 3.58. The molecule has 4 aromatic rings. The summed E-state index contributed by atoms with van der Waals surface area (Å²) in [5.41, 5.74) is 2.65. The van der Waals surface area contributed by atoms with E-state index in [9.17, 15) is 8.42 Å². The Hall–Kier alpha value is -3.26. The highest BCUT2D eigenvalue weighted by Gasteiger charge is 2.19. The molecule has 0 saturated heterocycles. The van der Waals surface area contributed by atoms with Crippen LogP contribution in [-0.2, 0) is 9.84 Å². The first-order valence-corrected chi connectivity index (χ1v) is 11.0. The second-order valence-electron chi connectivity index (χ2n) is 6.95. The Morgan fingerprint density at radius 1 is 1.00 bits per heavy atom. The summed E-state index contributed by atoms with van der Waals surface area (Å²) in [6.45, 7) is 2.05. The molecule has 0 N–H and O–H groups in total. The maximum atomic E-state index is 11.7. The zero-order chi connectivity index (χ0) is 20.6. The standard InChI is InChI=1S/C21H21N5O2S/c1-15(16-9-11-18(12-10-16)29(3,27)28)25(2)20-19-13-24-26(21(19)23-14-22-20)17-7-5-4-6-8-17/h4-15H,1-3H3. The normalized spacial score (nSPS) is 12.8. The van der Waals surface area contributed by atoms with Crippen molar-refractivity contribution in [3.05, 3.63) is 72.7 Å². The average molecular weight is 407 g/mol. The first-order valence-electron chi connectivity index (χ1n) is 9.13. The van der Waals surface area contributed by atoms with E-state index in [0.717, 1.165) is 28.1 Å². The lowest BCUT2D eigenvalue weighted by Crippen LogP contribution is -2.23. The molecule has 148 valence electrons. The summed E-state index contributed by atoms with van der Waals surface area (Å²) in [6, 6.07) is 16.7. The molecule has 0 aliphatic carbocycles. The van der Waals surface area contributed by atoms with Crippen molar-refractivity contribution in [1.82, 2.24) is 19.7 Å². The van der Waals surface area contributed by atoms with Gasteiger partial charge in [0.25, 0.3) is 0 Å². The number of anilines is 1. The number of sulfone groups is 1. The van der Waals surface area contributed by atoms with Crippen LogP contribution in [0.4, 0.5) is 5.82 Å². The van der Waals surface area contributed by atoms with Crippen molar-refractivity contribution in [2.45, 2.75) is 17.9 Å². The molecule has 4 rings (SSSR count). The Labute approximate surface area is 169 Å². The molecule has 0 amide bonds. The number of nitrogens with zero attached hydrogens (tertiary/aromatic N) is 5. The smallest absolute Gasteiger partial charge is 0.175 e. The van der Waals surface area contributed by atoms with Gasteiger partial charge in [0.1, 0.15) is 12.1 Å². The van der Waals surface area contributed by atoms with Crippen LogP contribution in [0.5, 0.6) is 0 Å². The van der Waals surface area contributed by atoms with Crippen LogP contribution in [-0.4, -0.2) is 41.5 Å². The van der Waals surface area contributed by atoms with E-state index in [1.165, 1.54) is 12.6 Å². The molecular formula is C21H21N5O2S. The largest absolute Gasteiger partial charge is 0.352 e. The molecule has 2 aromatic heterocycles. The number of aromatic nitrogens is 4. The second kappa shape index (κ2) is 7.29. The first kappa shape index (κ1) is 19.1. The zero-order valence-corrected chi connectivity index (χ0v) is 17.2. The quantitative estimate of drug-likeness (QED) is 0.504. The number of fused-ring (bicyclic) bond motifs is 1. The highest BCUT2D eigenvalue weighted by atomic mass is 32.2. The molecule has 0 saturated carbocycles. The molecule has 8 heteroatoms. The fourth-order valence-electron chi connectivity index (χ4n) is 3.27. The van der Waals surface area contributed by atoms with Gasteiger partial charge < -0.3 is 4.90 Å². The van der Waals surface area contributed by atoms with Gasteiger partial charge in [-0.3, -0.25) is 0 Å². The monoisotopic (exact) mass is 407 g/mol. The van der Waals surface area contributed by atoms with Gasteiger partial charge in [-0.2, -0.15) is 5.10 Å². The lowest BCUT2D eigenvalue weighted by molar-refractivity contribution is 0.601. The van der Waals surface area contributed by atoms with Crippen LogP contribution in [0.3, 0.4) is 0 Å². The Balaban J connectivity index is 1.70. The Bertz CT molecular complexity index is 1250. The van der Waals surface area contributed by atoms with E-state index in [1.807, 2.05) is 61.3 Å². The molecule has 1 atom stereocenters. The van der Waals surface area contributed by atoms with Crippen LogP contribution in [0.25, 0.3) is 16.7 Å². The predicted molar refractivity (Wildman–Crippen MR) is 113 cm³/mol. The molecule has 0 radical (unpaired) electrons. The number of hydrogen-bond acceptors (Lipinski definition) is 6. The zero-order valence-electron chi connectivity index (χ0n) is 16.4. The van der Waals surface area contributed by atoms with Crippen molar-refractivity contribution >= 4 is 26.7 Å². The van der Waals surface area contributed by atoms with Gasteiger partial charge >= 0.3 is 0 Å². The van der Waals surface area contributed by atoms with E-state index in [4.69, 9.17) is 0 Å². The maximum absolute atomic E-state index is 11.7. The molecule has 0 aliphatic rings. The average Bonchev–Trinajstić information content (AvgIpc) is 3.17. The SMILES string of the molecule is CC(c1ccc(S(C)(=O)=O)cc1)N(C)c1ncnc2c1cnn2-c1ccccc1. The molecule has 7 nitrogen and oxygen atoms in total. The van der Waals surface area contributed by atoms with E-state index in [-0.39, 0.29) is 6.04 Å². The third-order valence-corrected chi connectivity index (χ3v) is 6.18. The summed E-state index contributed by atoms with van der Waals surface area (Å²) < 4.78 is 25.2. The van der Waals surface area contributed by atoms with Crippen molar-refractivity contribution in [2.75, 3.05) is 18.2 Å². The lowest BCUT2D eigenvalue weighted by atomic mass is 10.1. The van der Waals surface area contributed by atoms with Gasteiger partial charge in [0, 0.05) is 13.3 Å². The Morgan fingerprint density at radius 2 is 1.69 bits per heavy atom. The molecule has 2 aromatic carbocycles. The van der Waals surface area contributed by atoms with E-state index in [2.05, 4.69) is 15.1 Å². The van der Waals surface area contributed by atoms with Gasteiger partial charge in [0.05, 0.1) is 28.2 Å². The van der Waals surface area contributed by atoms with Crippen LogP contribution in [0.2, 0.25) is 0 Å². The van der Waals surface area contributed by atoms with E-state index in [0.29, 0.717) is 4.90 Å². The predicted octanol–water partition coefficient (Wildman–Crippen LogP) is 3.42. The Kier molecular flexibility index (Phi) is 4.79. The number of rotatable bonds is 5. The molecular weight excluding hydrogens is 386 g/mol. The molecule has 0 spiro atoms. The number of benzene rings is 2. The third-order valence-electron chi connectivity index (χ3n) is 5.05. The van der Waals surface area contributed by atoms with E-state index < -0.39 is 9.84 Å².